The van der Waals surface area contributed by atoms with Gasteiger partial charge in [-0.2, -0.15) is 5.10 Å². The van der Waals surface area contributed by atoms with Gasteiger partial charge in [-0.25, -0.2) is 0 Å². The number of benzene rings is 1. The maximum Gasteiger partial charge on any atom is 0.111 e. The Morgan fingerprint density at radius 3 is 3.00 bits per heavy atom. The maximum absolute atomic E-state index is 5.49. The summed E-state index contributed by atoms with van der Waals surface area (Å²) in [6.45, 7) is 3.64. The van der Waals surface area contributed by atoms with E-state index in [1.807, 2.05) is 4.68 Å². The summed E-state index contributed by atoms with van der Waals surface area (Å²) in [6, 6.07) is 6.29. The number of halogens is 1. The predicted octanol–water partition coefficient (Wildman–Crippen LogP) is 2.46. The first-order chi connectivity index (χ1) is 7.22. The molecule has 1 aromatic heterocycles. The van der Waals surface area contributed by atoms with Gasteiger partial charge in [-0.1, -0.05) is 6.07 Å². The number of rotatable bonds is 3. The van der Waals surface area contributed by atoms with Crippen molar-refractivity contribution in [1.82, 2.24) is 9.78 Å². The fraction of sp³-hybridized carbons (Fsp3) is 0.364. The molecule has 0 saturated carbocycles. The van der Waals surface area contributed by atoms with Gasteiger partial charge in [0.2, 0.25) is 0 Å². The van der Waals surface area contributed by atoms with Crippen LogP contribution in [0.4, 0.5) is 0 Å². The number of hydrogen-bond acceptors (Lipinski definition) is 2. The average molecular weight is 268 g/mol. The molecule has 0 bridgehead atoms. The van der Waals surface area contributed by atoms with Gasteiger partial charge >= 0.3 is 0 Å². The molecule has 1 heterocycles. The highest BCUT2D eigenvalue weighted by Gasteiger charge is 2.07. The molecule has 2 N–H and O–H groups in total. The molecular weight excluding hydrogens is 254 g/mol. The molecule has 0 unspecified atom stereocenters. The molecule has 15 heavy (non-hydrogen) atoms. The van der Waals surface area contributed by atoms with Crippen LogP contribution in [0.15, 0.2) is 22.8 Å². The summed E-state index contributed by atoms with van der Waals surface area (Å²) in [5.41, 5.74) is 7.76. The largest absolute Gasteiger partial charge is 0.330 e. The van der Waals surface area contributed by atoms with E-state index < -0.39 is 0 Å². The van der Waals surface area contributed by atoms with Crippen molar-refractivity contribution >= 4 is 26.8 Å². The number of nitrogens with zero attached hydrogens (tertiary/aromatic N) is 2. The van der Waals surface area contributed by atoms with Gasteiger partial charge in [-0.05, 0) is 53.5 Å². The average Bonchev–Trinajstić information content (AvgIpc) is 2.52. The van der Waals surface area contributed by atoms with E-state index in [2.05, 4.69) is 46.2 Å². The molecule has 2 rings (SSSR count). The molecule has 0 atom stereocenters. The summed E-state index contributed by atoms with van der Waals surface area (Å²) < 4.78 is 3.02. The van der Waals surface area contributed by atoms with Gasteiger partial charge in [-0.15, -0.1) is 0 Å². The van der Waals surface area contributed by atoms with E-state index in [1.165, 1.54) is 5.56 Å². The highest BCUT2D eigenvalue weighted by Crippen LogP contribution is 2.24. The molecule has 2 aromatic rings. The van der Waals surface area contributed by atoms with Crippen molar-refractivity contribution in [1.29, 1.82) is 0 Å². The molecule has 0 aliphatic heterocycles. The van der Waals surface area contributed by atoms with E-state index in [4.69, 9.17) is 5.73 Å². The van der Waals surface area contributed by atoms with Crippen molar-refractivity contribution in [3.63, 3.8) is 0 Å². The molecule has 0 aliphatic carbocycles. The highest BCUT2D eigenvalue weighted by molar-refractivity contribution is 9.10. The van der Waals surface area contributed by atoms with Crippen LogP contribution in [0.5, 0.6) is 0 Å². The lowest BCUT2D eigenvalue weighted by atomic mass is 10.2. The molecule has 0 spiro atoms. The van der Waals surface area contributed by atoms with Crippen LogP contribution in [0.2, 0.25) is 0 Å². The first-order valence-electron chi connectivity index (χ1n) is 5.05. The van der Waals surface area contributed by atoms with Crippen LogP contribution < -0.4 is 5.73 Å². The van der Waals surface area contributed by atoms with Gasteiger partial charge in [0.25, 0.3) is 0 Å². The third-order valence-electron chi connectivity index (χ3n) is 2.40. The number of fused-ring (bicyclic) bond motifs is 1. The fourth-order valence-corrected chi connectivity index (χ4v) is 2.19. The minimum absolute atomic E-state index is 0.696. The van der Waals surface area contributed by atoms with E-state index in [-0.39, 0.29) is 0 Å². The first kappa shape index (κ1) is 10.6. The second kappa shape index (κ2) is 4.33. The fourth-order valence-electron chi connectivity index (χ4n) is 1.60. The van der Waals surface area contributed by atoms with E-state index >= 15 is 0 Å². The summed E-state index contributed by atoms with van der Waals surface area (Å²) >= 11 is 3.57. The van der Waals surface area contributed by atoms with Crippen LogP contribution in [0.3, 0.4) is 0 Å². The van der Waals surface area contributed by atoms with Crippen molar-refractivity contribution in [2.24, 2.45) is 5.73 Å². The third kappa shape index (κ3) is 2.06. The van der Waals surface area contributed by atoms with Crippen LogP contribution in [0.1, 0.15) is 12.0 Å². The number of aryl methyl sites for hydroxylation is 2. The Morgan fingerprint density at radius 2 is 2.27 bits per heavy atom. The Kier molecular flexibility index (Phi) is 3.07. The smallest absolute Gasteiger partial charge is 0.111 e. The summed E-state index contributed by atoms with van der Waals surface area (Å²) in [6.07, 6.45) is 0.950. The summed E-state index contributed by atoms with van der Waals surface area (Å²) in [4.78, 5) is 0. The van der Waals surface area contributed by atoms with E-state index in [0.717, 1.165) is 28.5 Å². The second-order valence-electron chi connectivity index (χ2n) is 3.68. The molecule has 0 saturated heterocycles. The van der Waals surface area contributed by atoms with Crippen molar-refractivity contribution in [3.05, 3.63) is 28.4 Å². The molecular formula is C11H14BrN3. The lowest BCUT2D eigenvalue weighted by molar-refractivity contribution is 0.580. The normalized spacial score (nSPS) is 11.1. The summed E-state index contributed by atoms with van der Waals surface area (Å²) in [5.74, 6) is 0. The van der Waals surface area contributed by atoms with E-state index in [1.54, 1.807) is 0 Å². The van der Waals surface area contributed by atoms with Crippen LogP contribution in [0.25, 0.3) is 10.9 Å². The monoisotopic (exact) mass is 267 g/mol. The van der Waals surface area contributed by atoms with Crippen LogP contribution in [0, 0.1) is 6.92 Å². The van der Waals surface area contributed by atoms with Crippen molar-refractivity contribution in [2.75, 3.05) is 6.54 Å². The van der Waals surface area contributed by atoms with Crippen LogP contribution in [-0.2, 0) is 6.54 Å². The predicted molar refractivity (Wildman–Crippen MR) is 65.8 cm³/mol. The van der Waals surface area contributed by atoms with Crippen molar-refractivity contribution in [2.45, 2.75) is 19.9 Å². The molecule has 0 aliphatic rings. The van der Waals surface area contributed by atoms with Crippen molar-refractivity contribution < 1.29 is 0 Å². The van der Waals surface area contributed by atoms with Gasteiger partial charge in [0.05, 0.1) is 5.52 Å². The van der Waals surface area contributed by atoms with E-state index in [0.29, 0.717) is 6.54 Å². The Hall–Kier alpha value is -0.870. The topological polar surface area (TPSA) is 43.8 Å². The Labute approximate surface area is 97.4 Å². The Bertz CT molecular complexity index is 476. The van der Waals surface area contributed by atoms with Crippen LogP contribution in [-0.4, -0.2) is 16.3 Å². The molecule has 1 aromatic carbocycles. The maximum atomic E-state index is 5.49. The standard InChI is InChI=1S/C11H14BrN3/c1-8-3-4-9-10(7-8)14-15(11(9)12)6-2-5-13/h3-4,7H,2,5-6,13H2,1H3. The van der Waals surface area contributed by atoms with Gasteiger partial charge < -0.3 is 5.73 Å². The lowest BCUT2D eigenvalue weighted by Crippen LogP contribution is -2.06. The number of aromatic nitrogens is 2. The molecule has 4 heteroatoms. The molecule has 0 amide bonds. The zero-order chi connectivity index (χ0) is 10.8. The zero-order valence-corrected chi connectivity index (χ0v) is 10.3. The summed E-state index contributed by atoms with van der Waals surface area (Å²) in [7, 11) is 0. The molecule has 0 fully saturated rings. The van der Waals surface area contributed by atoms with Gasteiger partial charge in [0, 0.05) is 11.9 Å². The first-order valence-corrected chi connectivity index (χ1v) is 5.84. The van der Waals surface area contributed by atoms with E-state index in [9.17, 15) is 0 Å². The lowest BCUT2D eigenvalue weighted by Gasteiger charge is -2.00. The molecule has 80 valence electrons. The quantitative estimate of drug-likeness (QED) is 0.929. The van der Waals surface area contributed by atoms with Gasteiger partial charge in [0.15, 0.2) is 0 Å². The van der Waals surface area contributed by atoms with Gasteiger partial charge in [-0.3, -0.25) is 4.68 Å². The SMILES string of the molecule is Cc1ccc2c(Br)n(CCCN)nc2c1. The minimum Gasteiger partial charge on any atom is -0.330 e. The number of hydrogen-bond donors (Lipinski definition) is 1. The Morgan fingerprint density at radius 1 is 1.47 bits per heavy atom. The number of nitrogens with two attached hydrogens (primary N) is 1. The molecule has 3 nitrogen and oxygen atoms in total. The van der Waals surface area contributed by atoms with Crippen molar-refractivity contribution in [3.8, 4) is 0 Å². The summed E-state index contributed by atoms with van der Waals surface area (Å²) in [5, 5.41) is 5.69. The van der Waals surface area contributed by atoms with Crippen LogP contribution >= 0.6 is 15.9 Å². The third-order valence-corrected chi connectivity index (χ3v) is 3.24. The Balaban J connectivity index is 2.44. The highest BCUT2D eigenvalue weighted by atomic mass is 79.9. The second-order valence-corrected chi connectivity index (χ2v) is 4.43. The zero-order valence-electron chi connectivity index (χ0n) is 8.70. The van der Waals surface area contributed by atoms with Gasteiger partial charge in [0.1, 0.15) is 4.60 Å². The minimum atomic E-state index is 0.696. The molecule has 0 radical (unpaired) electrons.